The lowest BCUT2D eigenvalue weighted by molar-refractivity contribution is -0.742. The highest BCUT2D eigenvalue weighted by atomic mass is 32.1. The van der Waals surface area contributed by atoms with Crippen LogP contribution in [0.25, 0.3) is 0 Å². The van der Waals surface area contributed by atoms with Gasteiger partial charge in [-0.25, -0.2) is 0 Å². The van der Waals surface area contributed by atoms with Gasteiger partial charge in [-0.05, 0) is 0 Å². The number of aliphatic hydroxyl groups is 1. The molecular formula is C5H9N3O7S. The molecule has 0 amide bonds. The fourth-order valence-corrected chi connectivity index (χ4v) is 1.06. The number of rotatable bonds is 2. The molecule has 92 valence electrons. The molecule has 1 aromatic heterocycles. The normalized spacial score (nSPS) is 7.81. The van der Waals surface area contributed by atoms with E-state index in [1.165, 1.54) is 0 Å². The lowest BCUT2D eigenvalue weighted by Crippen LogP contribution is -1.84. The molecule has 10 nitrogen and oxygen atoms in total. The zero-order chi connectivity index (χ0) is 13.0. The summed E-state index contributed by atoms with van der Waals surface area (Å²) < 4.78 is 0. The van der Waals surface area contributed by atoms with Crippen LogP contribution in [-0.4, -0.2) is 37.3 Å². The van der Waals surface area contributed by atoms with E-state index in [1.54, 1.807) is 23.0 Å². The number of hydrogen-bond donors (Lipinski definition) is 3. The largest absolute Gasteiger partial charge is 0.396 e. The van der Waals surface area contributed by atoms with E-state index in [2.05, 4.69) is 4.98 Å². The highest BCUT2D eigenvalue weighted by Gasteiger charge is 1.89. The number of hydrogen-bond acceptors (Lipinski definition) is 7. The molecule has 0 bridgehead atoms. The predicted molar refractivity (Wildman–Crippen MR) is 50.5 cm³/mol. The van der Waals surface area contributed by atoms with Gasteiger partial charge in [-0.15, -0.1) is 31.6 Å². The Balaban J connectivity index is 0. The van der Waals surface area contributed by atoms with Crippen molar-refractivity contribution in [2.45, 2.75) is 6.42 Å². The Kier molecular flexibility index (Phi) is 11.4. The van der Waals surface area contributed by atoms with Gasteiger partial charge in [-0.1, -0.05) is 0 Å². The van der Waals surface area contributed by atoms with E-state index in [0.29, 0.717) is 0 Å². The fraction of sp³-hybridized carbons (Fsp3) is 0.400. The lowest BCUT2D eigenvalue weighted by Gasteiger charge is -1.84. The van der Waals surface area contributed by atoms with E-state index in [0.717, 1.165) is 11.3 Å². The van der Waals surface area contributed by atoms with Gasteiger partial charge >= 0.3 is 0 Å². The molecule has 0 saturated carbocycles. The van der Waals surface area contributed by atoms with E-state index >= 15 is 0 Å². The van der Waals surface area contributed by atoms with Crippen LogP contribution in [0.15, 0.2) is 11.7 Å². The average molecular weight is 255 g/mol. The molecule has 0 radical (unpaired) electrons. The lowest BCUT2D eigenvalue weighted by atomic mass is 10.4. The van der Waals surface area contributed by atoms with Crippen LogP contribution < -0.4 is 0 Å². The van der Waals surface area contributed by atoms with Crippen LogP contribution in [0.5, 0.6) is 0 Å². The second-order valence-corrected chi connectivity index (χ2v) is 2.89. The molecule has 16 heavy (non-hydrogen) atoms. The Bertz CT molecular complexity index is 270. The maximum Gasteiger partial charge on any atom is 0.291 e. The second kappa shape index (κ2) is 11.1. The highest BCUT2D eigenvalue weighted by Crippen LogP contribution is 2.04. The molecule has 0 aliphatic carbocycles. The Hall–Kier alpha value is -2.01. The van der Waals surface area contributed by atoms with E-state index in [4.69, 9.17) is 35.7 Å². The van der Waals surface area contributed by atoms with E-state index in [1.807, 2.05) is 0 Å². The van der Waals surface area contributed by atoms with Crippen molar-refractivity contribution in [3.05, 3.63) is 36.8 Å². The quantitative estimate of drug-likeness (QED) is 0.490. The molecule has 0 spiro atoms. The van der Waals surface area contributed by atoms with E-state index < -0.39 is 10.2 Å². The van der Waals surface area contributed by atoms with Crippen molar-refractivity contribution < 1.29 is 25.7 Å². The standard InChI is InChI=1S/C5H7NOS.2HNO3/c7-2-1-5-3-6-4-8-5;2*2-1(3)4/h3-4,7H,1-2H2;2*(H,2,3,4). The minimum absolute atomic E-state index is 0.224. The van der Waals surface area contributed by atoms with Crippen molar-refractivity contribution >= 4 is 11.3 Å². The van der Waals surface area contributed by atoms with Crippen molar-refractivity contribution in [1.82, 2.24) is 4.98 Å². The third-order valence-corrected chi connectivity index (χ3v) is 1.68. The van der Waals surface area contributed by atoms with Gasteiger partial charge in [0.25, 0.3) is 10.2 Å². The van der Waals surface area contributed by atoms with Gasteiger partial charge in [-0.2, -0.15) is 0 Å². The van der Waals surface area contributed by atoms with Gasteiger partial charge in [-0.3, -0.25) is 4.98 Å². The molecule has 0 atom stereocenters. The minimum atomic E-state index is -1.50. The first-order valence-electron chi connectivity index (χ1n) is 3.54. The van der Waals surface area contributed by atoms with Gasteiger partial charge in [0, 0.05) is 24.1 Å². The molecule has 0 unspecified atom stereocenters. The molecule has 3 N–H and O–H groups in total. The third-order valence-electron chi connectivity index (χ3n) is 0.842. The van der Waals surface area contributed by atoms with Crippen LogP contribution in [0.3, 0.4) is 0 Å². The number of thiazole rings is 1. The smallest absolute Gasteiger partial charge is 0.291 e. The SMILES string of the molecule is O=[N+]([O-])O.O=[N+]([O-])O.OCCc1cncs1. The van der Waals surface area contributed by atoms with Crippen molar-refractivity contribution in [1.29, 1.82) is 0 Å². The Morgan fingerprint density at radius 3 is 2.00 bits per heavy atom. The summed E-state index contributed by atoms with van der Waals surface area (Å²) in [6.45, 7) is 0.224. The third kappa shape index (κ3) is 22.7. The first-order chi connectivity index (χ1) is 7.40. The van der Waals surface area contributed by atoms with Crippen LogP contribution in [-0.2, 0) is 6.42 Å². The van der Waals surface area contributed by atoms with Crippen LogP contribution >= 0.6 is 11.3 Å². The van der Waals surface area contributed by atoms with Gasteiger partial charge in [0.2, 0.25) is 0 Å². The van der Waals surface area contributed by atoms with E-state index in [9.17, 15) is 0 Å². The summed E-state index contributed by atoms with van der Waals surface area (Å²) in [5, 5.41) is 35.7. The topological polar surface area (TPSA) is 160 Å². The molecular weight excluding hydrogens is 246 g/mol. The molecule has 1 aromatic rings. The zero-order valence-corrected chi connectivity index (χ0v) is 8.61. The van der Waals surface area contributed by atoms with Crippen molar-refractivity contribution in [3.8, 4) is 0 Å². The second-order valence-electron chi connectivity index (χ2n) is 1.92. The van der Waals surface area contributed by atoms with Gasteiger partial charge in [0.15, 0.2) is 0 Å². The number of nitrogens with zero attached hydrogens (tertiary/aromatic N) is 3. The Labute approximate surface area is 92.6 Å². The van der Waals surface area contributed by atoms with Gasteiger partial charge in [0.1, 0.15) is 0 Å². The van der Waals surface area contributed by atoms with Crippen LogP contribution in [0.1, 0.15) is 4.88 Å². The van der Waals surface area contributed by atoms with Crippen molar-refractivity contribution in [2.24, 2.45) is 0 Å². The minimum Gasteiger partial charge on any atom is -0.396 e. The highest BCUT2D eigenvalue weighted by molar-refractivity contribution is 7.09. The molecule has 11 heteroatoms. The Morgan fingerprint density at radius 1 is 1.31 bits per heavy atom. The summed E-state index contributed by atoms with van der Waals surface area (Å²) in [5.41, 5.74) is 1.77. The fourth-order valence-electron chi connectivity index (χ4n) is 0.476. The summed E-state index contributed by atoms with van der Waals surface area (Å²) in [4.78, 5) is 21.7. The summed E-state index contributed by atoms with van der Waals surface area (Å²) in [6.07, 6.45) is 2.52. The molecule has 1 rings (SSSR count). The van der Waals surface area contributed by atoms with Crippen LogP contribution in [0.4, 0.5) is 0 Å². The molecule has 0 aromatic carbocycles. The number of aromatic nitrogens is 1. The van der Waals surface area contributed by atoms with Gasteiger partial charge in [0.05, 0.1) is 5.51 Å². The Morgan fingerprint density at radius 2 is 1.75 bits per heavy atom. The average Bonchev–Trinajstić information content (AvgIpc) is 2.55. The van der Waals surface area contributed by atoms with Crippen molar-refractivity contribution in [2.75, 3.05) is 6.61 Å². The van der Waals surface area contributed by atoms with Crippen molar-refractivity contribution in [3.63, 3.8) is 0 Å². The first-order valence-corrected chi connectivity index (χ1v) is 4.42. The summed E-state index contributed by atoms with van der Waals surface area (Å²) in [6, 6.07) is 0. The summed E-state index contributed by atoms with van der Waals surface area (Å²) in [7, 11) is 0. The maximum absolute atomic E-state index is 8.42. The summed E-state index contributed by atoms with van der Waals surface area (Å²) in [5.74, 6) is 0. The first kappa shape index (κ1) is 16.4. The zero-order valence-electron chi connectivity index (χ0n) is 7.79. The monoisotopic (exact) mass is 255 g/mol. The van der Waals surface area contributed by atoms with Gasteiger partial charge < -0.3 is 15.5 Å². The van der Waals surface area contributed by atoms with Crippen LogP contribution in [0, 0.1) is 20.2 Å². The van der Waals surface area contributed by atoms with Crippen LogP contribution in [0.2, 0.25) is 0 Å². The molecule has 1 heterocycles. The molecule has 0 fully saturated rings. The number of aliphatic hydroxyl groups excluding tert-OH is 1. The van der Waals surface area contributed by atoms with E-state index in [-0.39, 0.29) is 6.61 Å². The maximum atomic E-state index is 8.42. The molecule has 0 saturated heterocycles. The molecule has 0 aliphatic heterocycles. The summed E-state index contributed by atoms with van der Waals surface area (Å²) >= 11 is 1.58. The molecule has 0 aliphatic rings. The predicted octanol–water partition coefficient (Wildman–Crippen LogP) is -0.0175.